The standard InChI is InChI=1S/C36H40N4O5S/c1-37-31(41)29(24-26-14-6-3-7-15-26)39-23-21-36(35(39)45,20-19-25-12-4-2-5-13-25)38-32(42)30(46)18-10-11-22-40-33(43)27-16-8-9-17-28(27)34(40)44/h2-9,12-17,29-30,46H,10-11,18-24H2,1H3,(H,37,41)(H,38,42). The molecule has 0 bridgehead atoms. The number of unbranched alkanes of at least 4 members (excludes halogenated alkanes) is 1. The highest BCUT2D eigenvalue weighted by atomic mass is 32.1. The number of hydrogen-bond donors (Lipinski definition) is 3. The molecular formula is C36H40N4O5S. The smallest absolute Gasteiger partial charge is 0.261 e. The molecule has 0 radical (unpaired) electrons. The summed E-state index contributed by atoms with van der Waals surface area (Å²) in [5.41, 5.74) is 1.63. The third-order valence-electron chi connectivity index (χ3n) is 8.98. The summed E-state index contributed by atoms with van der Waals surface area (Å²) in [6.07, 6.45) is 3.16. The van der Waals surface area contributed by atoms with Crippen molar-refractivity contribution in [3.63, 3.8) is 0 Å². The maximum Gasteiger partial charge on any atom is 0.261 e. The number of benzene rings is 3. The number of likely N-dealkylation sites (tertiary alicyclic amines) is 1. The van der Waals surface area contributed by atoms with Crippen LogP contribution in [0.25, 0.3) is 0 Å². The molecule has 9 nitrogen and oxygen atoms in total. The first-order valence-corrected chi connectivity index (χ1v) is 16.3. The number of carbonyl (C=O) groups excluding carboxylic acids is 5. The number of amides is 5. The number of hydrogen-bond acceptors (Lipinski definition) is 6. The summed E-state index contributed by atoms with van der Waals surface area (Å²) in [6.45, 7) is 0.585. The molecule has 0 spiro atoms. The van der Waals surface area contributed by atoms with E-state index in [0.717, 1.165) is 11.1 Å². The molecule has 10 heteroatoms. The van der Waals surface area contributed by atoms with Crippen molar-refractivity contribution in [1.29, 1.82) is 0 Å². The highest BCUT2D eigenvalue weighted by Gasteiger charge is 2.50. The lowest BCUT2D eigenvalue weighted by Crippen LogP contribution is -2.58. The van der Waals surface area contributed by atoms with E-state index in [2.05, 4.69) is 23.3 Å². The van der Waals surface area contributed by atoms with Crippen LogP contribution in [-0.4, -0.2) is 76.3 Å². The van der Waals surface area contributed by atoms with Gasteiger partial charge in [-0.15, -0.1) is 0 Å². The average molecular weight is 641 g/mol. The third kappa shape index (κ3) is 7.17. The Kier molecular flexibility index (Phi) is 10.6. The van der Waals surface area contributed by atoms with Gasteiger partial charge in [-0.25, -0.2) is 0 Å². The summed E-state index contributed by atoms with van der Waals surface area (Å²) in [5, 5.41) is 5.08. The van der Waals surface area contributed by atoms with Gasteiger partial charge in [-0.05, 0) is 55.4 Å². The lowest BCUT2D eigenvalue weighted by atomic mass is 9.89. The van der Waals surface area contributed by atoms with Crippen LogP contribution in [0.3, 0.4) is 0 Å². The molecule has 3 aromatic carbocycles. The Balaban J connectivity index is 1.24. The minimum absolute atomic E-state index is 0.255. The molecule has 2 N–H and O–H groups in total. The van der Waals surface area contributed by atoms with Crippen LogP contribution in [0.1, 0.15) is 63.9 Å². The fourth-order valence-corrected chi connectivity index (χ4v) is 6.60. The molecule has 0 aromatic heterocycles. The molecule has 5 rings (SSSR count). The van der Waals surface area contributed by atoms with E-state index in [1.807, 2.05) is 60.7 Å². The fraction of sp³-hybridized carbons (Fsp3) is 0.361. The number of imide groups is 1. The van der Waals surface area contributed by atoms with E-state index in [0.29, 0.717) is 62.6 Å². The number of nitrogens with zero attached hydrogens (tertiary/aromatic N) is 2. The molecule has 0 saturated carbocycles. The van der Waals surface area contributed by atoms with E-state index >= 15 is 0 Å². The minimum atomic E-state index is -1.18. The quantitative estimate of drug-likeness (QED) is 0.141. The van der Waals surface area contributed by atoms with Crippen LogP contribution in [0, 0.1) is 0 Å². The van der Waals surface area contributed by atoms with E-state index in [9.17, 15) is 24.0 Å². The van der Waals surface area contributed by atoms with E-state index in [4.69, 9.17) is 0 Å². The van der Waals surface area contributed by atoms with Crippen LogP contribution < -0.4 is 10.6 Å². The Morgan fingerprint density at radius 3 is 2.02 bits per heavy atom. The van der Waals surface area contributed by atoms with E-state index < -0.39 is 16.8 Å². The predicted molar refractivity (Wildman–Crippen MR) is 178 cm³/mol. The zero-order chi connectivity index (χ0) is 32.7. The summed E-state index contributed by atoms with van der Waals surface area (Å²) in [7, 11) is 1.56. The molecule has 3 unspecified atom stereocenters. The van der Waals surface area contributed by atoms with Gasteiger partial charge < -0.3 is 15.5 Å². The van der Waals surface area contributed by atoms with Crippen molar-refractivity contribution < 1.29 is 24.0 Å². The second-order valence-corrected chi connectivity index (χ2v) is 12.6. The van der Waals surface area contributed by atoms with Crippen LogP contribution >= 0.6 is 12.6 Å². The molecule has 1 saturated heterocycles. The van der Waals surface area contributed by atoms with Crippen molar-refractivity contribution in [3.05, 3.63) is 107 Å². The molecule has 3 atom stereocenters. The van der Waals surface area contributed by atoms with Crippen molar-refractivity contribution in [2.75, 3.05) is 20.1 Å². The Morgan fingerprint density at radius 2 is 1.41 bits per heavy atom. The van der Waals surface area contributed by atoms with Crippen molar-refractivity contribution in [1.82, 2.24) is 20.4 Å². The number of fused-ring (bicyclic) bond motifs is 1. The monoisotopic (exact) mass is 640 g/mol. The second kappa shape index (κ2) is 14.8. The van der Waals surface area contributed by atoms with Crippen molar-refractivity contribution in [3.8, 4) is 0 Å². The average Bonchev–Trinajstić information content (AvgIpc) is 3.53. The molecule has 5 amide bonds. The topological polar surface area (TPSA) is 116 Å². The molecule has 2 aliphatic heterocycles. The van der Waals surface area contributed by atoms with Crippen LogP contribution in [0.5, 0.6) is 0 Å². The third-order valence-corrected chi connectivity index (χ3v) is 9.48. The van der Waals surface area contributed by atoms with Gasteiger partial charge in [0, 0.05) is 26.6 Å². The largest absolute Gasteiger partial charge is 0.357 e. The second-order valence-electron chi connectivity index (χ2n) is 11.9. The van der Waals surface area contributed by atoms with E-state index in [1.54, 1.807) is 36.2 Å². The molecule has 1 fully saturated rings. The van der Waals surface area contributed by atoms with Gasteiger partial charge in [-0.2, -0.15) is 12.6 Å². The maximum absolute atomic E-state index is 14.3. The highest BCUT2D eigenvalue weighted by molar-refractivity contribution is 7.81. The van der Waals surface area contributed by atoms with E-state index in [1.165, 1.54) is 4.90 Å². The normalized spacial score (nSPS) is 18.8. The highest BCUT2D eigenvalue weighted by Crippen LogP contribution is 2.31. The SMILES string of the molecule is CNC(=O)C(Cc1ccccc1)N1CCC(CCc2ccccc2)(NC(=O)C(S)CCCCN2C(=O)c3ccccc3C2=O)C1=O. The zero-order valence-electron chi connectivity index (χ0n) is 26.0. The first-order chi connectivity index (χ1) is 22.2. The van der Waals surface area contributed by atoms with Gasteiger partial charge >= 0.3 is 0 Å². The van der Waals surface area contributed by atoms with Crippen molar-refractivity contribution in [2.24, 2.45) is 0 Å². The number of thiol groups is 1. The lowest BCUT2D eigenvalue weighted by Gasteiger charge is -2.33. The first-order valence-electron chi connectivity index (χ1n) is 15.8. The number of likely N-dealkylation sites (N-methyl/N-ethyl adjacent to an activating group) is 1. The summed E-state index contributed by atoms with van der Waals surface area (Å²) in [4.78, 5) is 69.1. The van der Waals surface area contributed by atoms with Gasteiger partial charge in [-0.1, -0.05) is 79.2 Å². The molecule has 240 valence electrons. The van der Waals surface area contributed by atoms with Gasteiger partial charge in [0.25, 0.3) is 11.8 Å². The Hall–Kier alpha value is -4.44. The van der Waals surface area contributed by atoms with Gasteiger partial charge in [0.1, 0.15) is 11.6 Å². The summed E-state index contributed by atoms with van der Waals surface area (Å²) >= 11 is 4.59. The van der Waals surface area contributed by atoms with Crippen LogP contribution in [0.15, 0.2) is 84.9 Å². The maximum atomic E-state index is 14.3. The summed E-state index contributed by atoms with van der Waals surface area (Å²) in [5.74, 6) is -1.48. The Bertz CT molecular complexity index is 1550. The summed E-state index contributed by atoms with van der Waals surface area (Å²) in [6, 6.07) is 25.4. The van der Waals surface area contributed by atoms with Crippen LogP contribution in [0.4, 0.5) is 0 Å². The van der Waals surface area contributed by atoms with Crippen LogP contribution in [-0.2, 0) is 27.2 Å². The minimum Gasteiger partial charge on any atom is -0.357 e. The molecule has 3 aromatic rings. The summed E-state index contributed by atoms with van der Waals surface area (Å²) < 4.78 is 0. The molecule has 0 aliphatic carbocycles. The Labute approximate surface area is 275 Å². The Morgan fingerprint density at radius 1 is 0.826 bits per heavy atom. The van der Waals surface area contributed by atoms with Crippen LogP contribution in [0.2, 0.25) is 0 Å². The molecular weight excluding hydrogens is 600 g/mol. The molecule has 2 aliphatic rings. The van der Waals surface area contributed by atoms with Gasteiger partial charge in [-0.3, -0.25) is 28.9 Å². The van der Waals surface area contributed by atoms with E-state index in [-0.39, 0.29) is 36.1 Å². The molecule has 2 heterocycles. The van der Waals surface area contributed by atoms with Crippen molar-refractivity contribution >= 4 is 42.2 Å². The molecule has 46 heavy (non-hydrogen) atoms. The van der Waals surface area contributed by atoms with Crippen molar-refractivity contribution in [2.45, 2.75) is 61.8 Å². The van der Waals surface area contributed by atoms with Gasteiger partial charge in [0.2, 0.25) is 17.7 Å². The lowest BCUT2D eigenvalue weighted by molar-refractivity contribution is -0.142. The number of carbonyl (C=O) groups is 5. The van der Waals surface area contributed by atoms with Gasteiger partial charge in [0.15, 0.2) is 0 Å². The van der Waals surface area contributed by atoms with Gasteiger partial charge in [0.05, 0.1) is 16.4 Å². The fourth-order valence-electron chi connectivity index (χ4n) is 6.35. The number of aryl methyl sites for hydroxylation is 1. The zero-order valence-corrected chi connectivity index (χ0v) is 26.9. The number of nitrogens with one attached hydrogen (secondary N) is 2. The first kappa shape index (κ1) is 32.9. The number of rotatable bonds is 14. The predicted octanol–water partition coefficient (Wildman–Crippen LogP) is 3.83.